The van der Waals surface area contributed by atoms with Crippen LogP contribution in [0.5, 0.6) is 6.01 Å². The lowest BCUT2D eigenvalue weighted by Crippen LogP contribution is -2.06. The largest absolute Gasteiger partial charge is 0.478 e. The molecule has 2 heterocycles. The first-order valence-electron chi connectivity index (χ1n) is 8.91. The van der Waals surface area contributed by atoms with Gasteiger partial charge in [-0.05, 0) is 34.0 Å². The van der Waals surface area contributed by atoms with Gasteiger partial charge in [-0.15, -0.1) is 10.2 Å². The van der Waals surface area contributed by atoms with Crippen LogP contribution < -0.4 is 0 Å². The van der Waals surface area contributed by atoms with Crippen molar-refractivity contribution >= 4 is 0 Å². The van der Waals surface area contributed by atoms with E-state index in [1.807, 2.05) is 55.5 Å². The van der Waals surface area contributed by atoms with Gasteiger partial charge < -0.3 is 5.11 Å². The molecule has 0 radical (unpaired) electrons. The third kappa shape index (κ3) is 3.66. The van der Waals surface area contributed by atoms with Crippen molar-refractivity contribution < 1.29 is 5.11 Å². The number of tetrazole rings is 1. The number of allylic oxidation sites excluding steroid dienone is 2. The molecule has 0 saturated heterocycles. The number of aromatic hydroxyl groups is 1. The average Bonchev–Trinajstić information content (AvgIpc) is 3.37. The van der Waals surface area contributed by atoms with Crippen molar-refractivity contribution in [3.05, 3.63) is 72.1 Å². The second-order valence-corrected chi connectivity index (χ2v) is 6.25. The Morgan fingerprint density at radius 1 is 1.07 bits per heavy atom. The molecule has 0 bridgehead atoms. The van der Waals surface area contributed by atoms with E-state index in [1.54, 1.807) is 4.68 Å². The third-order valence-electron chi connectivity index (χ3n) is 4.40. The number of aromatic amines is 1. The van der Waals surface area contributed by atoms with Crippen LogP contribution in [0.4, 0.5) is 0 Å². The van der Waals surface area contributed by atoms with Gasteiger partial charge in [0.25, 0.3) is 0 Å². The minimum absolute atomic E-state index is 0.203. The Bertz CT molecular complexity index is 1080. The molecule has 0 unspecified atom stereocenters. The van der Waals surface area contributed by atoms with E-state index in [0.717, 1.165) is 28.1 Å². The summed E-state index contributed by atoms with van der Waals surface area (Å²) in [5.74, 6) is 1.36. The lowest BCUT2D eigenvalue weighted by atomic mass is 9.98. The van der Waals surface area contributed by atoms with Gasteiger partial charge in [0.15, 0.2) is 5.82 Å². The summed E-state index contributed by atoms with van der Waals surface area (Å²) in [5.41, 5.74) is 4.11. The Balaban J connectivity index is 1.60. The number of hydrogen-bond acceptors (Lipinski definition) is 6. The smallest absolute Gasteiger partial charge is 0.333 e. The molecule has 0 spiro atoms. The van der Waals surface area contributed by atoms with Crippen molar-refractivity contribution in [3.63, 3.8) is 0 Å². The highest BCUT2D eigenvalue weighted by Gasteiger charge is 2.11. The fourth-order valence-corrected chi connectivity index (χ4v) is 3.04. The minimum Gasteiger partial charge on any atom is -0.478 e. The number of benzene rings is 2. The van der Waals surface area contributed by atoms with Crippen LogP contribution in [0.15, 0.2) is 60.7 Å². The van der Waals surface area contributed by atoms with E-state index in [-0.39, 0.29) is 6.01 Å². The molecule has 2 N–H and O–H groups in total. The standard InChI is InChI=1S/C20H19N7O/c1-2-3-8-18-21-20(28)24-27(18)13-14-9-11-15(12-10-14)16-6-4-5-7-17(16)19-22-25-26-23-19/h2-7,9-12H,8,13H2,1H3,(H,24,28)(H,22,23,25,26)/b3-2+. The van der Waals surface area contributed by atoms with Gasteiger partial charge in [0.05, 0.1) is 6.54 Å². The molecule has 2 aromatic heterocycles. The van der Waals surface area contributed by atoms with E-state index in [1.165, 1.54) is 0 Å². The Labute approximate surface area is 161 Å². The predicted octanol–water partition coefficient (Wildman–Crippen LogP) is 3.00. The highest BCUT2D eigenvalue weighted by Crippen LogP contribution is 2.29. The van der Waals surface area contributed by atoms with E-state index < -0.39 is 0 Å². The van der Waals surface area contributed by atoms with Gasteiger partial charge in [-0.2, -0.15) is 4.98 Å². The molecule has 0 atom stereocenters. The minimum atomic E-state index is -0.203. The molecule has 0 aliphatic heterocycles. The van der Waals surface area contributed by atoms with Crippen LogP contribution in [-0.2, 0) is 13.0 Å². The number of rotatable bonds is 6. The Morgan fingerprint density at radius 3 is 2.57 bits per heavy atom. The SMILES string of the molecule is C/C=C/Cc1nc(O)nn1Cc1ccc(-c2ccccc2-c2nnn[nH]2)cc1. The van der Waals surface area contributed by atoms with Crippen molar-refractivity contribution in [2.75, 3.05) is 0 Å². The van der Waals surface area contributed by atoms with Gasteiger partial charge in [-0.1, -0.05) is 60.7 Å². The summed E-state index contributed by atoms with van der Waals surface area (Å²) in [6.45, 7) is 2.49. The molecule has 8 nitrogen and oxygen atoms in total. The Morgan fingerprint density at radius 2 is 1.86 bits per heavy atom. The molecule has 0 saturated carbocycles. The summed E-state index contributed by atoms with van der Waals surface area (Å²) in [4.78, 5) is 4.08. The fourth-order valence-electron chi connectivity index (χ4n) is 3.04. The first-order chi connectivity index (χ1) is 13.7. The number of nitrogens with one attached hydrogen (secondary N) is 1. The predicted molar refractivity (Wildman–Crippen MR) is 104 cm³/mol. The zero-order valence-corrected chi connectivity index (χ0v) is 15.3. The maximum Gasteiger partial charge on any atom is 0.333 e. The van der Waals surface area contributed by atoms with Crippen LogP contribution in [0.3, 0.4) is 0 Å². The van der Waals surface area contributed by atoms with Gasteiger partial charge >= 0.3 is 6.01 Å². The van der Waals surface area contributed by atoms with Gasteiger partial charge in [-0.25, -0.2) is 9.78 Å². The van der Waals surface area contributed by atoms with Crippen LogP contribution >= 0.6 is 0 Å². The molecule has 8 heteroatoms. The second kappa shape index (κ2) is 7.83. The Hall–Kier alpha value is -3.81. The number of H-pyrrole nitrogens is 1. The van der Waals surface area contributed by atoms with Crippen molar-refractivity contribution in [1.82, 2.24) is 35.4 Å². The molecule has 28 heavy (non-hydrogen) atoms. The number of nitrogens with zero attached hydrogens (tertiary/aromatic N) is 6. The van der Waals surface area contributed by atoms with Gasteiger partial charge in [0.1, 0.15) is 5.82 Å². The molecule has 0 fully saturated rings. The van der Waals surface area contributed by atoms with Crippen molar-refractivity contribution in [1.29, 1.82) is 0 Å². The lowest BCUT2D eigenvalue weighted by molar-refractivity contribution is 0.425. The summed E-state index contributed by atoms with van der Waals surface area (Å²) in [6, 6.07) is 16.0. The maximum atomic E-state index is 9.64. The van der Waals surface area contributed by atoms with Gasteiger partial charge in [-0.3, -0.25) is 0 Å². The van der Waals surface area contributed by atoms with E-state index in [0.29, 0.717) is 18.8 Å². The molecular formula is C20H19N7O. The molecule has 0 aliphatic carbocycles. The first-order valence-corrected chi connectivity index (χ1v) is 8.91. The average molecular weight is 373 g/mol. The Kier molecular flexibility index (Phi) is 4.92. The van der Waals surface area contributed by atoms with E-state index >= 15 is 0 Å². The zero-order chi connectivity index (χ0) is 19.3. The summed E-state index contributed by atoms with van der Waals surface area (Å²) < 4.78 is 1.72. The summed E-state index contributed by atoms with van der Waals surface area (Å²) in [5, 5.41) is 27.9. The molecule has 0 aliphatic rings. The summed E-state index contributed by atoms with van der Waals surface area (Å²) in [7, 11) is 0. The molecule has 4 aromatic rings. The monoisotopic (exact) mass is 373 g/mol. The van der Waals surface area contributed by atoms with Crippen LogP contribution in [-0.4, -0.2) is 40.5 Å². The summed E-state index contributed by atoms with van der Waals surface area (Å²) >= 11 is 0. The van der Waals surface area contributed by atoms with Crippen molar-refractivity contribution in [2.45, 2.75) is 19.9 Å². The molecule has 2 aromatic carbocycles. The van der Waals surface area contributed by atoms with E-state index in [9.17, 15) is 5.11 Å². The number of aromatic nitrogens is 7. The zero-order valence-electron chi connectivity index (χ0n) is 15.3. The van der Waals surface area contributed by atoms with Crippen LogP contribution in [0, 0.1) is 0 Å². The summed E-state index contributed by atoms with van der Waals surface area (Å²) in [6.07, 6.45) is 4.56. The van der Waals surface area contributed by atoms with Gasteiger partial charge in [0.2, 0.25) is 0 Å². The van der Waals surface area contributed by atoms with Crippen molar-refractivity contribution in [3.8, 4) is 28.5 Å². The maximum absolute atomic E-state index is 9.64. The molecule has 0 amide bonds. The molecule has 140 valence electrons. The van der Waals surface area contributed by atoms with Crippen LogP contribution in [0.25, 0.3) is 22.5 Å². The van der Waals surface area contributed by atoms with E-state index in [4.69, 9.17) is 0 Å². The normalized spacial score (nSPS) is 11.3. The van der Waals surface area contributed by atoms with E-state index in [2.05, 4.69) is 42.8 Å². The highest BCUT2D eigenvalue weighted by atomic mass is 16.3. The van der Waals surface area contributed by atoms with Crippen LogP contribution in [0.2, 0.25) is 0 Å². The lowest BCUT2D eigenvalue weighted by Gasteiger charge is -2.09. The molecule has 4 rings (SSSR count). The van der Waals surface area contributed by atoms with Gasteiger partial charge in [0, 0.05) is 12.0 Å². The third-order valence-corrected chi connectivity index (χ3v) is 4.40. The molecular weight excluding hydrogens is 354 g/mol. The number of hydrogen-bond donors (Lipinski definition) is 2. The quantitative estimate of drug-likeness (QED) is 0.503. The highest BCUT2D eigenvalue weighted by molar-refractivity contribution is 5.80. The fraction of sp³-hybridized carbons (Fsp3) is 0.150. The second-order valence-electron chi connectivity index (χ2n) is 6.25. The first kappa shape index (κ1) is 17.6. The van der Waals surface area contributed by atoms with Crippen LogP contribution in [0.1, 0.15) is 18.3 Å². The van der Waals surface area contributed by atoms with Crippen molar-refractivity contribution in [2.24, 2.45) is 0 Å². The topological polar surface area (TPSA) is 105 Å².